The van der Waals surface area contributed by atoms with Crippen LogP contribution in [0.1, 0.15) is 65.6 Å². The number of hydrogen-bond acceptors (Lipinski definition) is 9. The van der Waals surface area contributed by atoms with E-state index in [1.807, 2.05) is 0 Å². The Morgan fingerprint density at radius 1 is 1.18 bits per heavy atom. The van der Waals surface area contributed by atoms with E-state index in [2.05, 4.69) is 45.9 Å². The molecular formula is C26H27F5N10O3. The SMILES string of the molecule is Cc1nonc1C(=O)N[C@H](c1cn2ncc(C[C@@]3(Cn4nccn4)C[C@@H](C(F)(F)F)NC3=O)cc2n1)C1CCC(F)(F)CC1. The highest BCUT2D eigenvalue weighted by atomic mass is 19.4. The van der Waals surface area contributed by atoms with E-state index < -0.39 is 47.8 Å². The van der Waals surface area contributed by atoms with Gasteiger partial charge in [-0.1, -0.05) is 5.16 Å². The Balaban J connectivity index is 1.30. The maximum Gasteiger partial charge on any atom is 0.408 e. The van der Waals surface area contributed by atoms with E-state index in [-0.39, 0.29) is 61.6 Å². The molecule has 2 N–H and O–H groups in total. The van der Waals surface area contributed by atoms with Crippen LogP contribution in [0.25, 0.3) is 5.65 Å². The molecule has 1 saturated heterocycles. The van der Waals surface area contributed by atoms with Crippen molar-refractivity contribution in [3.05, 3.63) is 53.5 Å². The number of amides is 2. The van der Waals surface area contributed by atoms with Gasteiger partial charge in [-0.15, -0.1) is 0 Å². The summed E-state index contributed by atoms with van der Waals surface area (Å²) in [5.74, 6) is -4.57. The van der Waals surface area contributed by atoms with Gasteiger partial charge in [0.2, 0.25) is 11.8 Å². The number of nitrogens with zero attached hydrogens (tertiary/aromatic N) is 8. The van der Waals surface area contributed by atoms with Crippen LogP contribution in [-0.2, 0) is 17.8 Å². The van der Waals surface area contributed by atoms with Crippen LogP contribution in [0, 0.1) is 18.3 Å². The summed E-state index contributed by atoms with van der Waals surface area (Å²) in [4.78, 5) is 31.9. The Labute approximate surface area is 245 Å². The van der Waals surface area contributed by atoms with Crippen LogP contribution in [0.2, 0.25) is 0 Å². The number of alkyl halides is 5. The zero-order valence-corrected chi connectivity index (χ0v) is 23.3. The van der Waals surface area contributed by atoms with Gasteiger partial charge in [0, 0.05) is 12.8 Å². The molecule has 0 spiro atoms. The maximum absolute atomic E-state index is 14.0. The van der Waals surface area contributed by atoms with Gasteiger partial charge in [0.05, 0.1) is 48.5 Å². The van der Waals surface area contributed by atoms with Gasteiger partial charge in [-0.3, -0.25) is 9.59 Å². The van der Waals surface area contributed by atoms with Gasteiger partial charge in [0.15, 0.2) is 11.3 Å². The van der Waals surface area contributed by atoms with Crippen molar-refractivity contribution >= 4 is 17.5 Å². The van der Waals surface area contributed by atoms with Gasteiger partial charge in [0.1, 0.15) is 11.7 Å². The second-order valence-electron chi connectivity index (χ2n) is 11.5. The molecule has 0 unspecified atom stereocenters. The van der Waals surface area contributed by atoms with Crippen LogP contribution in [-0.4, -0.2) is 69.9 Å². The molecule has 1 saturated carbocycles. The molecule has 18 heteroatoms. The molecule has 4 aromatic heterocycles. The molecule has 1 aliphatic carbocycles. The summed E-state index contributed by atoms with van der Waals surface area (Å²) in [5.41, 5.74) is -0.261. The highest BCUT2D eigenvalue weighted by Gasteiger charge is 2.56. The quantitative estimate of drug-likeness (QED) is 0.282. The van der Waals surface area contributed by atoms with Gasteiger partial charge in [-0.05, 0) is 55.3 Å². The molecule has 5 heterocycles. The molecule has 0 bridgehead atoms. The number of rotatable bonds is 8. The summed E-state index contributed by atoms with van der Waals surface area (Å²) in [7, 11) is 0. The van der Waals surface area contributed by atoms with E-state index in [0.717, 1.165) is 0 Å². The summed E-state index contributed by atoms with van der Waals surface area (Å²) in [6.07, 6.45) is -0.0297. The Kier molecular flexibility index (Phi) is 7.31. The molecule has 234 valence electrons. The summed E-state index contributed by atoms with van der Waals surface area (Å²) < 4.78 is 74.8. The molecule has 4 aromatic rings. The molecule has 3 atom stereocenters. The van der Waals surface area contributed by atoms with Crippen molar-refractivity contribution in [3.63, 3.8) is 0 Å². The van der Waals surface area contributed by atoms with Gasteiger partial charge in [-0.25, -0.2) is 22.9 Å². The second kappa shape index (κ2) is 10.9. The number of aromatic nitrogens is 8. The standard InChI is InChI=1S/C26H27F5N10O3/c1-14-20(39-44-38-14)22(42)37-21(16-2-4-25(27,28)5-3-16)17-12-40-19(35-17)8-15(11-34-40)9-24(13-41-32-6-7-33-41)10-18(26(29,30)31)36-23(24)43/h6-8,11-12,16,18,21H,2-5,9-10,13H2,1H3,(H,36,43)(H,37,42)/t18-,21-,24-/m0/s1. The molecule has 2 aliphatic rings. The minimum atomic E-state index is -4.64. The van der Waals surface area contributed by atoms with Crippen molar-refractivity contribution in [1.29, 1.82) is 0 Å². The Morgan fingerprint density at radius 3 is 2.55 bits per heavy atom. The van der Waals surface area contributed by atoms with Gasteiger partial charge < -0.3 is 10.6 Å². The lowest BCUT2D eigenvalue weighted by Crippen LogP contribution is -2.40. The average molecular weight is 623 g/mol. The van der Waals surface area contributed by atoms with E-state index in [9.17, 15) is 31.5 Å². The zero-order valence-electron chi connectivity index (χ0n) is 23.3. The van der Waals surface area contributed by atoms with Gasteiger partial charge in [0.25, 0.3) is 5.91 Å². The van der Waals surface area contributed by atoms with Crippen molar-refractivity contribution in [1.82, 2.24) is 50.5 Å². The predicted molar refractivity (Wildman–Crippen MR) is 138 cm³/mol. The fourth-order valence-electron chi connectivity index (χ4n) is 6.03. The molecule has 44 heavy (non-hydrogen) atoms. The summed E-state index contributed by atoms with van der Waals surface area (Å²) in [6.45, 7) is 1.34. The Bertz CT molecular complexity index is 1660. The number of carbonyl (C=O) groups excluding carboxylic acids is 2. The van der Waals surface area contributed by atoms with Crippen molar-refractivity contribution in [2.24, 2.45) is 11.3 Å². The van der Waals surface area contributed by atoms with Crippen LogP contribution in [0.4, 0.5) is 22.0 Å². The van der Waals surface area contributed by atoms with E-state index in [4.69, 9.17) is 0 Å². The molecule has 2 amide bonds. The van der Waals surface area contributed by atoms with Crippen molar-refractivity contribution < 1.29 is 36.2 Å². The number of hydrogen-bond donors (Lipinski definition) is 2. The van der Waals surface area contributed by atoms with Crippen molar-refractivity contribution in [2.75, 3.05) is 0 Å². The third-order valence-electron chi connectivity index (χ3n) is 8.33. The van der Waals surface area contributed by atoms with E-state index in [1.165, 1.54) is 34.8 Å². The minimum Gasteiger partial charge on any atom is -0.344 e. The average Bonchev–Trinajstić information content (AvgIpc) is 3.75. The minimum absolute atomic E-state index is 0.0516. The number of imidazole rings is 1. The number of fused-ring (bicyclic) bond motifs is 1. The second-order valence-corrected chi connectivity index (χ2v) is 11.5. The topological polar surface area (TPSA) is 158 Å². The number of aryl methyl sites for hydroxylation is 1. The lowest BCUT2D eigenvalue weighted by atomic mass is 9.79. The van der Waals surface area contributed by atoms with Gasteiger partial charge >= 0.3 is 6.18 Å². The third kappa shape index (κ3) is 5.84. The number of halogens is 5. The normalized spacial score (nSPS) is 23.1. The van der Waals surface area contributed by atoms with Crippen LogP contribution >= 0.6 is 0 Å². The smallest absolute Gasteiger partial charge is 0.344 e. The lowest BCUT2D eigenvalue weighted by Gasteiger charge is -2.33. The predicted octanol–water partition coefficient (Wildman–Crippen LogP) is 2.99. The van der Waals surface area contributed by atoms with E-state index in [0.29, 0.717) is 11.3 Å². The van der Waals surface area contributed by atoms with Crippen LogP contribution < -0.4 is 10.6 Å². The molecule has 0 aromatic carbocycles. The zero-order chi connectivity index (χ0) is 31.3. The molecule has 6 rings (SSSR count). The first-order valence-electron chi connectivity index (χ1n) is 13.9. The molecule has 0 radical (unpaired) electrons. The first kappa shape index (κ1) is 29.6. The Hall–Kier alpha value is -4.51. The lowest BCUT2D eigenvalue weighted by molar-refractivity contribution is -0.155. The number of carbonyl (C=O) groups is 2. The molecule has 13 nitrogen and oxygen atoms in total. The number of nitrogens with one attached hydrogen (secondary N) is 2. The Morgan fingerprint density at radius 2 is 1.91 bits per heavy atom. The monoisotopic (exact) mass is 622 g/mol. The fraction of sp³-hybridized carbons (Fsp3) is 0.538. The van der Waals surface area contributed by atoms with Crippen LogP contribution in [0.5, 0.6) is 0 Å². The van der Waals surface area contributed by atoms with Crippen LogP contribution in [0.3, 0.4) is 0 Å². The van der Waals surface area contributed by atoms with E-state index in [1.54, 1.807) is 12.3 Å². The maximum atomic E-state index is 14.0. The highest BCUT2D eigenvalue weighted by molar-refractivity contribution is 5.93. The highest BCUT2D eigenvalue weighted by Crippen LogP contribution is 2.42. The molecular weight excluding hydrogens is 595 g/mol. The van der Waals surface area contributed by atoms with Crippen molar-refractivity contribution in [3.8, 4) is 0 Å². The summed E-state index contributed by atoms with van der Waals surface area (Å²) in [6, 6.07) is -1.23. The third-order valence-corrected chi connectivity index (χ3v) is 8.33. The largest absolute Gasteiger partial charge is 0.408 e. The van der Waals surface area contributed by atoms with E-state index >= 15 is 0 Å². The molecule has 2 fully saturated rings. The molecule has 1 aliphatic heterocycles. The summed E-state index contributed by atoms with van der Waals surface area (Å²) >= 11 is 0. The van der Waals surface area contributed by atoms with Crippen molar-refractivity contribution in [2.45, 2.75) is 76.2 Å². The fourth-order valence-corrected chi connectivity index (χ4v) is 6.03. The van der Waals surface area contributed by atoms with Crippen LogP contribution in [0.15, 0.2) is 35.5 Å². The van der Waals surface area contributed by atoms with Gasteiger partial charge in [-0.2, -0.15) is 33.3 Å². The first-order valence-corrected chi connectivity index (χ1v) is 13.9. The first-order chi connectivity index (χ1) is 20.8. The summed E-state index contributed by atoms with van der Waals surface area (Å²) in [5, 5.41) is 24.4.